The Morgan fingerprint density at radius 2 is 2.11 bits per heavy atom. The van der Waals surface area contributed by atoms with Crippen molar-refractivity contribution in [2.75, 3.05) is 38.8 Å². The smallest absolute Gasteiger partial charge is 0.318 e. The van der Waals surface area contributed by atoms with Gasteiger partial charge in [0.2, 0.25) is 0 Å². The molecule has 0 aliphatic carbocycles. The van der Waals surface area contributed by atoms with Gasteiger partial charge in [-0.1, -0.05) is 0 Å². The van der Waals surface area contributed by atoms with Gasteiger partial charge in [0.1, 0.15) is 5.82 Å². The average molecular weight is 267 g/mol. The van der Waals surface area contributed by atoms with Crippen LogP contribution in [-0.2, 0) is 4.74 Å². The maximum atomic E-state index is 10.5. The molecule has 0 bridgehead atoms. The Labute approximate surface area is 113 Å². The van der Waals surface area contributed by atoms with Gasteiger partial charge in [0.25, 0.3) is 0 Å². The topological polar surface area (TPSA) is 67.7 Å². The minimum atomic E-state index is -0.709. The lowest BCUT2D eigenvalue weighted by Gasteiger charge is -2.35. The van der Waals surface area contributed by atoms with Crippen LogP contribution >= 0.6 is 0 Å². The van der Waals surface area contributed by atoms with Crippen LogP contribution in [0.2, 0.25) is 0 Å². The van der Waals surface area contributed by atoms with Gasteiger partial charge in [-0.05, 0) is 6.92 Å². The van der Waals surface area contributed by atoms with E-state index >= 15 is 0 Å². The van der Waals surface area contributed by atoms with Crippen LogP contribution in [0.3, 0.4) is 0 Å². The highest BCUT2D eigenvalue weighted by Crippen LogP contribution is 2.24. The van der Waals surface area contributed by atoms with Gasteiger partial charge in [0, 0.05) is 51.4 Å². The molecule has 2 rings (SSSR count). The third kappa shape index (κ3) is 3.54. The van der Waals surface area contributed by atoms with Crippen molar-refractivity contribution in [1.29, 1.82) is 0 Å². The number of anilines is 1. The van der Waals surface area contributed by atoms with Crippen molar-refractivity contribution >= 4 is 5.82 Å². The minimum absolute atomic E-state index is 0.348. The quantitative estimate of drug-likeness (QED) is 0.869. The number of ether oxygens (including phenoxy) is 2. The molecule has 6 nitrogen and oxygen atoms in total. The number of methoxy groups -OCH3 is 1. The number of hydrogen-bond acceptors (Lipinski definition) is 6. The predicted octanol–water partition coefficient (Wildman–Crippen LogP) is 0.771. The third-order valence-corrected chi connectivity index (χ3v) is 3.35. The van der Waals surface area contributed by atoms with Crippen LogP contribution in [0.1, 0.15) is 18.5 Å². The zero-order valence-electron chi connectivity index (χ0n) is 11.7. The number of aryl methyl sites for hydroxylation is 1. The number of aliphatic hydroxyl groups is 1. The van der Waals surface area contributed by atoms with Crippen molar-refractivity contribution < 1.29 is 14.6 Å². The molecule has 0 saturated carbocycles. The Bertz CT molecular complexity index is 433. The molecule has 1 aromatic rings. The number of hydrogen-bond donors (Lipinski definition) is 1. The summed E-state index contributed by atoms with van der Waals surface area (Å²) in [5.41, 5.74) is 0.131. The fourth-order valence-corrected chi connectivity index (χ4v) is 2.24. The zero-order valence-corrected chi connectivity index (χ0v) is 11.7. The Balaban J connectivity index is 2.10. The van der Waals surface area contributed by atoms with Gasteiger partial charge < -0.3 is 19.5 Å². The van der Waals surface area contributed by atoms with Crippen LogP contribution in [0.5, 0.6) is 6.01 Å². The summed E-state index contributed by atoms with van der Waals surface area (Å²) in [7, 11) is 3.46. The van der Waals surface area contributed by atoms with E-state index in [1.807, 2.05) is 24.9 Å². The van der Waals surface area contributed by atoms with E-state index in [9.17, 15) is 5.11 Å². The average Bonchev–Trinajstić information content (AvgIpc) is 2.38. The first-order valence-corrected chi connectivity index (χ1v) is 6.43. The summed E-state index contributed by atoms with van der Waals surface area (Å²) >= 11 is 0. The molecule has 1 aliphatic heterocycles. The van der Waals surface area contributed by atoms with Crippen LogP contribution in [-0.4, -0.2) is 54.6 Å². The maximum absolute atomic E-state index is 10.5. The molecule has 0 aromatic carbocycles. The second-order valence-electron chi connectivity index (χ2n) is 5.05. The Morgan fingerprint density at radius 1 is 1.42 bits per heavy atom. The molecule has 1 saturated heterocycles. The first kappa shape index (κ1) is 14.0. The van der Waals surface area contributed by atoms with Crippen LogP contribution in [0.4, 0.5) is 5.82 Å². The van der Waals surface area contributed by atoms with Gasteiger partial charge in [-0.15, -0.1) is 0 Å². The molecule has 1 aromatic heterocycles. The van der Waals surface area contributed by atoms with E-state index in [1.54, 1.807) is 7.11 Å². The van der Waals surface area contributed by atoms with Gasteiger partial charge in [-0.2, -0.15) is 4.98 Å². The molecule has 0 unspecified atom stereocenters. The van der Waals surface area contributed by atoms with Crippen molar-refractivity contribution in [1.82, 2.24) is 9.97 Å². The molecule has 1 aliphatic rings. The fraction of sp³-hybridized carbons (Fsp3) is 0.692. The minimum Gasteiger partial charge on any atom is -0.467 e. The summed E-state index contributed by atoms with van der Waals surface area (Å²) in [4.78, 5) is 10.4. The fourth-order valence-electron chi connectivity index (χ4n) is 2.24. The SMILES string of the molecule is COc1nc(C)cc(N(C)CC2(O)CCOCC2)n1. The number of rotatable bonds is 4. The number of aromatic nitrogens is 2. The van der Waals surface area contributed by atoms with Gasteiger partial charge in [0.15, 0.2) is 0 Å². The molecule has 2 heterocycles. The van der Waals surface area contributed by atoms with E-state index in [0.29, 0.717) is 38.6 Å². The van der Waals surface area contributed by atoms with E-state index in [-0.39, 0.29) is 0 Å². The first-order chi connectivity index (χ1) is 9.02. The molecule has 0 amide bonds. The zero-order chi connectivity index (χ0) is 13.9. The van der Waals surface area contributed by atoms with Crippen LogP contribution in [0.25, 0.3) is 0 Å². The molecular weight excluding hydrogens is 246 g/mol. The first-order valence-electron chi connectivity index (χ1n) is 6.43. The summed E-state index contributed by atoms with van der Waals surface area (Å²) in [5.74, 6) is 0.754. The summed E-state index contributed by atoms with van der Waals surface area (Å²) in [6, 6.07) is 2.23. The summed E-state index contributed by atoms with van der Waals surface area (Å²) in [5, 5.41) is 10.5. The lowest BCUT2D eigenvalue weighted by atomic mass is 9.94. The lowest BCUT2D eigenvalue weighted by Crippen LogP contribution is -2.46. The maximum Gasteiger partial charge on any atom is 0.318 e. The van der Waals surface area contributed by atoms with Gasteiger partial charge in [-0.25, -0.2) is 4.98 Å². The Kier molecular flexibility index (Phi) is 4.21. The van der Waals surface area contributed by atoms with E-state index < -0.39 is 5.60 Å². The standard InChI is InChI=1S/C13H21N3O3/c1-10-8-11(15-12(14-10)18-3)16(2)9-13(17)4-6-19-7-5-13/h8,17H,4-7,9H2,1-3H3. The van der Waals surface area contributed by atoms with Crippen molar-refractivity contribution in [3.05, 3.63) is 11.8 Å². The molecule has 0 atom stereocenters. The van der Waals surface area contributed by atoms with E-state index in [2.05, 4.69) is 9.97 Å². The van der Waals surface area contributed by atoms with Gasteiger partial charge in [0.05, 0.1) is 12.7 Å². The molecule has 6 heteroatoms. The molecule has 1 fully saturated rings. The largest absolute Gasteiger partial charge is 0.467 e. The van der Waals surface area contributed by atoms with Crippen molar-refractivity contribution in [2.24, 2.45) is 0 Å². The van der Waals surface area contributed by atoms with E-state index in [1.165, 1.54) is 0 Å². The predicted molar refractivity (Wildman–Crippen MR) is 71.6 cm³/mol. The summed E-state index contributed by atoms with van der Waals surface area (Å²) < 4.78 is 10.4. The molecule has 106 valence electrons. The van der Waals surface area contributed by atoms with Gasteiger partial charge in [-0.3, -0.25) is 0 Å². The van der Waals surface area contributed by atoms with E-state index in [0.717, 1.165) is 11.5 Å². The van der Waals surface area contributed by atoms with Crippen molar-refractivity contribution in [3.8, 4) is 6.01 Å². The summed E-state index contributed by atoms with van der Waals surface area (Å²) in [6.07, 6.45) is 1.30. The van der Waals surface area contributed by atoms with Gasteiger partial charge >= 0.3 is 6.01 Å². The van der Waals surface area contributed by atoms with Crippen LogP contribution in [0.15, 0.2) is 6.07 Å². The third-order valence-electron chi connectivity index (χ3n) is 3.35. The molecule has 1 N–H and O–H groups in total. The Hall–Kier alpha value is -1.40. The highest BCUT2D eigenvalue weighted by molar-refractivity contribution is 5.40. The van der Waals surface area contributed by atoms with Crippen LogP contribution < -0.4 is 9.64 Å². The highest BCUT2D eigenvalue weighted by Gasteiger charge is 2.31. The highest BCUT2D eigenvalue weighted by atomic mass is 16.5. The second-order valence-corrected chi connectivity index (χ2v) is 5.05. The van der Waals surface area contributed by atoms with Crippen LogP contribution in [0, 0.1) is 6.92 Å². The number of nitrogens with zero attached hydrogens (tertiary/aromatic N) is 3. The molecule has 0 spiro atoms. The molecular formula is C13H21N3O3. The molecule has 0 radical (unpaired) electrons. The normalized spacial score (nSPS) is 18.1. The van der Waals surface area contributed by atoms with E-state index in [4.69, 9.17) is 9.47 Å². The second kappa shape index (κ2) is 5.71. The summed E-state index contributed by atoms with van der Waals surface area (Å²) in [6.45, 7) is 3.63. The monoisotopic (exact) mass is 267 g/mol. The number of likely N-dealkylation sites (N-methyl/N-ethyl adjacent to an activating group) is 1. The van der Waals surface area contributed by atoms with Crippen molar-refractivity contribution in [3.63, 3.8) is 0 Å². The van der Waals surface area contributed by atoms with Crippen molar-refractivity contribution in [2.45, 2.75) is 25.4 Å². The Morgan fingerprint density at radius 3 is 2.74 bits per heavy atom. The molecule has 19 heavy (non-hydrogen) atoms. The lowest BCUT2D eigenvalue weighted by molar-refractivity contribution is -0.0573.